The first-order valence-electron chi connectivity index (χ1n) is 11.7. The number of aliphatic hydroxyl groups excluding tert-OH is 2. The lowest BCUT2D eigenvalue weighted by Crippen LogP contribution is -2.51. The van der Waals surface area contributed by atoms with Gasteiger partial charge in [-0.15, -0.1) is 0 Å². The predicted molar refractivity (Wildman–Crippen MR) is 146 cm³/mol. The number of hydrogen-bond acceptors (Lipinski definition) is 3. The van der Waals surface area contributed by atoms with E-state index in [2.05, 4.69) is 25.2 Å². The molecule has 0 fully saturated rings. The maximum absolute atomic E-state index is 12.9. The third-order valence-corrected chi connectivity index (χ3v) is 9.48. The summed E-state index contributed by atoms with van der Waals surface area (Å²) >= 11 is 0. The maximum atomic E-state index is 12.9. The average molecular weight is 567 g/mol. The molecule has 0 heterocycles. The number of alkyl halides is 3. The molecule has 39 heavy (non-hydrogen) atoms. The minimum atomic E-state index is -4.72. The fourth-order valence-electron chi connectivity index (χ4n) is 2.79. The van der Waals surface area contributed by atoms with Gasteiger partial charge in [0, 0.05) is 22.9 Å². The van der Waals surface area contributed by atoms with Crippen molar-refractivity contribution >= 4 is 31.4 Å². The summed E-state index contributed by atoms with van der Waals surface area (Å²) in [4.78, 5) is 10.1. The van der Waals surface area contributed by atoms with Crippen molar-refractivity contribution in [2.75, 3.05) is 0 Å². The Morgan fingerprint density at radius 3 is 1.64 bits per heavy atom. The first-order chi connectivity index (χ1) is 18.2. The molecule has 210 valence electrons. The van der Waals surface area contributed by atoms with Gasteiger partial charge >= 0.3 is 12.1 Å². The topological polar surface area (TPSA) is 77.8 Å². The van der Waals surface area contributed by atoms with Gasteiger partial charge in [0.25, 0.3) is 0 Å². The summed E-state index contributed by atoms with van der Waals surface area (Å²) in [7, 11) is -1.60. The number of rotatable bonds is 6. The molecule has 0 bridgehead atoms. The van der Waals surface area contributed by atoms with Crippen molar-refractivity contribution in [3.8, 4) is 0 Å². The highest BCUT2D eigenvalue weighted by Crippen LogP contribution is 2.21. The second-order valence-electron chi connectivity index (χ2n) is 8.82. The van der Waals surface area contributed by atoms with E-state index in [-0.39, 0.29) is 16.9 Å². The van der Waals surface area contributed by atoms with Crippen LogP contribution in [0, 0.1) is 11.6 Å². The van der Waals surface area contributed by atoms with Crippen LogP contribution in [0.3, 0.4) is 0 Å². The molecule has 2 unspecified atom stereocenters. The molecule has 0 aliphatic heterocycles. The summed E-state index contributed by atoms with van der Waals surface area (Å²) in [5.41, 5.74) is 0.0978. The molecule has 0 aliphatic carbocycles. The second-order valence-corrected chi connectivity index (χ2v) is 13.7. The second kappa shape index (κ2) is 15.7. The molecule has 0 amide bonds. The van der Waals surface area contributed by atoms with E-state index >= 15 is 0 Å². The zero-order valence-corrected chi connectivity index (χ0v) is 22.6. The molecule has 3 N–H and O–H groups in total. The summed E-state index contributed by atoms with van der Waals surface area (Å²) in [5.74, 6) is -2.14. The minimum absolute atomic E-state index is 0.000741. The van der Waals surface area contributed by atoms with Gasteiger partial charge in [-0.1, -0.05) is 91.1 Å². The standard InChI is InChI=1S/C10H8F4O.C10H16OSi.C9H7FO2/c11-8-4-2-1-3-7(8)5-6-9(15)10(12,13)14;1-9(11)12(2,3)10-7-5-4-6-8-10;10-8-4-2-1-3-7(8)5-6-9(11)12/h1-6,9,15H;4-9,11H,1-3H3;1-6H,(H,11,12)/b6-5+;;6-5+. The Morgan fingerprint density at radius 1 is 0.795 bits per heavy atom. The third-order valence-electron chi connectivity index (χ3n) is 5.57. The lowest BCUT2D eigenvalue weighted by molar-refractivity contribution is -0.187. The molecule has 0 aromatic heterocycles. The van der Waals surface area contributed by atoms with Gasteiger partial charge in [0.05, 0.1) is 0 Å². The molecule has 3 aromatic rings. The summed E-state index contributed by atoms with van der Waals surface area (Å²) in [6.07, 6.45) is -3.78. The van der Waals surface area contributed by atoms with Crippen molar-refractivity contribution in [2.45, 2.75) is 38.0 Å². The van der Waals surface area contributed by atoms with E-state index < -0.39 is 38.0 Å². The number of benzene rings is 3. The van der Waals surface area contributed by atoms with Crippen LogP contribution in [0.2, 0.25) is 13.1 Å². The van der Waals surface area contributed by atoms with Crippen LogP contribution >= 0.6 is 0 Å². The van der Waals surface area contributed by atoms with Crippen LogP contribution in [0.1, 0.15) is 18.1 Å². The van der Waals surface area contributed by atoms with E-state index in [1.165, 1.54) is 41.6 Å². The lowest BCUT2D eigenvalue weighted by Gasteiger charge is -2.25. The number of carboxylic acid groups (broad SMARTS) is 1. The molecule has 10 heteroatoms. The molecule has 3 aromatic carbocycles. The van der Waals surface area contributed by atoms with Gasteiger partial charge in [0.15, 0.2) is 6.10 Å². The fraction of sp³-hybridized carbons (Fsp3) is 0.207. The average Bonchev–Trinajstić information content (AvgIpc) is 2.88. The Bertz CT molecular complexity index is 1230. The van der Waals surface area contributed by atoms with E-state index in [1.54, 1.807) is 12.1 Å². The number of aliphatic hydroxyl groups is 2. The largest absolute Gasteiger partial charge is 0.478 e. The van der Waals surface area contributed by atoms with Crippen molar-refractivity contribution in [2.24, 2.45) is 0 Å². The zero-order valence-electron chi connectivity index (χ0n) is 21.6. The Hall–Kier alpha value is -3.60. The van der Waals surface area contributed by atoms with Crippen LogP contribution in [-0.4, -0.2) is 47.4 Å². The van der Waals surface area contributed by atoms with Crippen LogP contribution in [0.25, 0.3) is 12.2 Å². The van der Waals surface area contributed by atoms with Gasteiger partial charge in [-0.3, -0.25) is 0 Å². The van der Waals surface area contributed by atoms with Gasteiger partial charge in [0.2, 0.25) is 0 Å². The fourth-order valence-corrected chi connectivity index (χ4v) is 4.33. The van der Waals surface area contributed by atoms with Crippen molar-refractivity contribution < 1.29 is 42.1 Å². The highest BCUT2D eigenvalue weighted by molar-refractivity contribution is 6.90. The Kier molecular flexibility index (Phi) is 13.5. The Labute approximate surface area is 225 Å². The van der Waals surface area contributed by atoms with Crippen molar-refractivity contribution in [3.05, 3.63) is 114 Å². The number of aliphatic carboxylic acids is 1. The first-order valence-corrected chi connectivity index (χ1v) is 14.8. The van der Waals surface area contributed by atoms with Crippen LogP contribution in [0.4, 0.5) is 22.0 Å². The normalized spacial score (nSPS) is 13.2. The van der Waals surface area contributed by atoms with Crippen LogP contribution in [0.15, 0.2) is 91.0 Å². The molecule has 0 radical (unpaired) electrons. The smallest absolute Gasteiger partial charge is 0.417 e. The molecular formula is C29H31F5O4Si. The SMILES string of the molecule is CC(O)[Si](C)(C)c1ccccc1.O=C(O)/C=C/c1ccccc1F.OC(/C=C/c1ccccc1F)C(F)(F)F. The van der Waals surface area contributed by atoms with E-state index in [4.69, 9.17) is 10.2 Å². The predicted octanol–water partition coefficient (Wildman–Crippen LogP) is 6.21. The van der Waals surface area contributed by atoms with Gasteiger partial charge < -0.3 is 15.3 Å². The quantitative estimate of drug-likeness (QED) is 0.188. The van der Waals surface area contributed by atoms with Crippen molar-refractivity contribution in [1.29, 1.82) is 0 Å². The van der Waals surface area contributed by atoms with Gasteiger partial charge in [-0.25, -0.2) is 13.6 Å². The molecule has 0 spiro atoms. The molecule has 0 aliphatic rings. The minimum Gasteiger partial charge on any atom is -0.478 e. The lowest BCUT2D eigenvalue weighted by atomic mass is 10.2. The Morgan fingerprint density at radius 2 is 1.23 bits per heavy atom. The van der Waals surface area contributed by atoms with E-state index in [0.29, 0.717) is 6.08 Å². The van der Waals surface area contributed by atoms with Crippen LogP contribution in [-0.2, 0) is 4.79 Å². The van der Waals surface area contributed by atoms with E-state index in [9.17, 15) is 31.9 Å². The molecule has 3 rings (SSSR count). The van der Waals surface area contributed by atoms with Crippen LogP contribution < -0.4 is 5.19 Å². The maximum Gasteiger partial charge on any atom is 0.417 e. The first kappa shape index (κ1) is 33.4. The van der Waals surface area contributed by atoms with Crippen molar-refractivity contribution in [3.63, 3.8) is 0 Å². The number of carbonyl (C=O) groups is 1. The van der Waals surface area contributed by atoms with E-state index in [1.807, 2.05) is 25.1 Å². The molecule has 0 saturated carbocycles. The van der Waals surface area contributed by atoms with Gasteiger partial charge in [0.1, 0.15) is 19.7 Å². The highest BCUT2D eigenvalue weighted by Gasteiger charge is 2.36. The molecule has 4 nitrogen and oxygen atoms in total. The number of carboxylic acids is 1. The monoisotopic (exact) mass is 566 g/mol. The third kappa shape index (κ3) is 12.2. The Balaban J connectivity index is 0.000000295. The molecule has 2 atom stereocenters. The summed E-state index contributed by atoms with van der Waals surface area (Å²) < 4.78 is 61.3. The number of halogens is 5. The molecular weight excluding hydrogens is 535 g/mol. The number of hydrogen-bond donors (Lipinski definition) is 3. The van der Waals surface area contributed by atoms with Crippen LogP contribution in [0.5, 0.6) is 0 Å². The van der Waals surface area contributed by atoms with E-state index in [0.717, 1.165) is 18.2 Å². The van der Waals surface area contributed by atoms with Gasteiger partial charge in [-0.2, -0.15) is 13.2 Å². The molecule has 0 saturated heterocycles. The van der Waals surface area contributed by atoms with Crippen molar-refractivity contribution in [1.82, 2.24) is 0 Å². The zero-order chi connectivity index (χ0) is 29.6. The summed E-state index contributed by atoms with van der Waals surface area (Å²) in [6.45, 7) is 6.26. The summed E-state index contributed by atoms with van der Waals surface area (Å²) in [5, 5.41) is 27.8. The highest BCUT2D eigenvalue weighted by atomic mass is 28.3. The van der Waals surface area contributed by atoms with Gasteiger partial charge in [-0.05, 0) is 31.2 Å². The summed E-state index contributed by atoms with van der Waals surface area (Å²) in [6, 6.07) is 21.6.